The van der Waals surface area contributed by atoms with E-state index in [1.807, 2.05) is 19.0 Å². The number of carbonyl (C=O) groups is 1. The molecule has 0 radical (unpaired) electrons. The average Bonchev–Trinajstić information content (AvgIpc) is 2.58. The van der Waals surface area contributed by atoms with Crippen LogP contribution in [0.3, 0.4) is 0 Å². The van der Waals surface area contributed by atoms with Gasteiger partial charge in [0.15, 0.2) is 0 Å². The van der Waals surface area contributed by atoms with Crippen LogP contribution in [0.15, 0.2) is 0 Å². The van der Waals surface area contributed by atoms with E-state index in [2.05, 4.69) is 11.9 Å². The molecule has 0 bridgehead atoms. The van der Waals surface area contributed by atoms with Gasteiger partial charge in [-0.15, -0.1) is 0 Å². The predicted octanol–water partition coefficient (Wildman–Crippen LogP) is 0.552. The maximum Gasteiger partial charge on any atom is 0.319 e. The van der Waals surface area contributed by atoms with Crippen LogP contribution in [-0.4, -0.2) is 68.1 Å². The van der Waals surface area contributed by atoms with E-state index in [1.165, 1.54) is 13.0 Å². The molecule has 2 rings (SSSR count). The standard InChI is InChI=1S/C11H21N3O/c1-12(2)11(15)14-7-9-4-5-13(3)6-10(9)8-14/h9-10H,4-8H2,1-3H3. The van der Waals surface area contributed by atoms with E-state index >= 15 is 0 Å². The maximum atomic E-state index is 11.8. The van der Waals surface area contributed by atoms with Gasteiger partial charge in [-0.05, 0) is 31.8 Å². The molecule has 2 heterocycles. The van der Waals surface area contributed by atoms with E-state index in [4.69, 9.17) is 0 Å². The Bertz CT molecular complexity index is 254. The van der Waals surface area contributed by atoms with E-state index in [0.717, 1.165) is 25.6 Å². The van der Waals surface area contributed by atoms with Gasteiger partial charge >= 0.3 is 6.03 Å². The van der Waals surface area contributed by atoms with Gasteiger partial charge < -0.3 is 14.7 Å². The van der Waals surface area contributed by atoms with Crippen LogP contribution >= 0.6 is 0 Å². The largest absolute Gasteiger partial charge is 0.331 e. The number of amides is 2. The zero-order chi connectivity index (χ0) is 11.0. The third-order valence-electron chi connectivity index (χ3n) is 3.66. The number of hydrogen-bond acceptors (Lipinski definition) is 2. The molecule has 86 valence electrons. The molecule has 0 N–H and O–H groups in total. The summed E-state index contributed by atoms with van der Waals surface area (Å²) in [4.78, 5) is 17.9. The minimum absolute atomic E-state index is 0.173. The van der Waals surface area contributed by atoms with Crippen LogP contribution in [0.25, 0.3) is 0 Å². The fourth-order valence-electron chi connectivity index (χ4n) is 2.79. The average molecular weight is 211 g/mol. The van der Waals surface area contributed by atoms with Crippen molar-refractivity contribution in [2.24, 2.45) is 11.8 Å². The topological polar surface area (TPSA) is 26.8 Å². The lowest BCUT2D eigenvalue weighted by Crippen LogP contribution is -2.38. The van der Waals surface area contributed by atoms with Crippen molar-refractivity contribution in [3.05, 3.63) is 0 Å². The molecule has 2 saturated heterocycles. The molecule has 0 spiro atoms. The number of nitrogens with zero attached hydrogens (tertiary/aromatic N) is 3. The van der Waals surface area contributed by atoms with Gasteiger partial charge in [-0.1, -0.05) is 0 Å². The van der Waals surface area contributed by atoms with E-state index in [1.54, 1.807) is 4.90 Å². The Kier molecular flexibility index (Phi) is 2.87. The molecule has 2 aliphatic heterocycles. The molecule has 4 nitrogen and oxygen atoms in total. The van der Waals surface area contributed by atoms with Crippen molar-refractivity contribution in [2.75, 3.05) is 47.3 Å². The first-order valence-corrected chi connectivity index (χ1v) is 5.72. The molecule has 2 amide bonds. The number of likely N-dealkylation sites (tertiary alicyclic amines) is 2. The summed E-state index contributed by atoms with van der Waals surface area (Å²) in [5.41, 5.74) is 0. The lowest BCUT2D eigenvalue weighted by molar-refractivity contribution is 0.176. The van der Waals surface area contributed by atoms with Gasteiger partial charge in [-0.3, -0.25) is 0 Å². The Hall–Kier alpha value is -0.770. The molecule has 2 fully saturated rings. The van der Waals surface area contributed by atoms with Crippen LogP contribution in [0.2, 0.25) is 0 Å². The molecule has 2 aliphatic rings. The van der Waals surface area contributed by atoms with Crippen molar-refractivity contribution < 1.29 is 4.79 Å². The highest BCUT2D eigenvalue weighted by atomic mass is 16.2. The first-order valence-electron chi connectivity index (χ1n) is 5.72. The number of fused-ring (bicyclic) bond motifs is 1. The normalized spacial score (nSPS) is 31.5. The van der Waals surface area contributed by atoms with Gasteiger partial charge in [0.25, 0.3) is 0 Å². The van der Waals surface area contributed by atoms with Crippen LogP contribution in [0, 0.1) is 11.8 Å². The summed E-state index contributed by atoms with van der Waals surface area (Å²) in [5, 5.41) is 0. The second-order valence-electron chi connectivity index (χ2n) is 5.15. The SMILES string of the molecule is CN1CCC2CN(C(=O)N(C)C)CC2C1. The molecular weight excluding hydrogens is 190 g/mol. The van der Waals surface area contributed by atoms with Crippen molar-refractivity contribution in [1.29, 1.82) is 0 Å². The van der Waals surface area contributed by atoms with E-state index in [9.17, 15) is 4.79 Å². The summed E-state index contributed by atoms with van der Waals surface area (Å²) >= 11 is 0. The Balaban J connectivity index is 1.96. The van der Waals surface area contributed by atoms with Crippen LogP contribution in [0.5, 0.6) is 0 Å². The lowest BCUT2D eigenvalue weighted by Gasteiger charge is -2.31. The predicted molar refractivity (Wildman–Crippen MR) is 59.8 cm³/mol. The van der Waals surface area contributed by atoms with Crippen molar-refractivity contribution >= 4 is 6.03 Å². The zero-order valence-electron chi connectivity index (χ0n) is 9.94. The van der Waals surface area contributed by atoms with Crippen LogP contribution in [-0.2, 0) is 0 Å². The minimum atomic E-state index is 0.173. The summed E-state index contributed by atoms with van der Waals surface area (Å²) in [7, 11) is 5.83. The van der Waals surface area contributed by atoms with E-state index < -0.39 is 0 Å². The summed E-state index contributed by atoms with van der Waals surface area (Å²) in [5.74, 6) is 1.44. The highest BCUT2D eigenvalue weighted by Gasteiger charge is 2.38. The van der Waals surface area contributed by atoms with Gasteiger partial charge in [0.2, 0.25) is 0 Å². The molecule has 0 aliphatic carbocycles. The van der Waals surface area contributed by atoms with Crippen molar-refractivity contribution in [1.82, 2.24) is 14.7 Å². The van der Waals surface area contributed by atoms with Gasteiger partial charge in [-0.25, -0.2) is 4.79 Å². The first-order chi connectivity index (χ1) is 7.08. The Morgan fingerprint density at radius 1 is 1.20 bits per heavy atom. The van der Waals surface area contributed by atoms with Gasteiger partial charge in [-0.2, -0.15) is 0 Å². The molecule has 0 aromatic rings. The monoisotopic (exact) mass is 211 g/mol. The highest BCUT2D eigenvalue weighted by molar-refractivity contribution is 5.74. The number of carbonyl (C=O) groups excluding carboxylic acids is 1. The van der Waals surface area contributed by atoms with Gasteiger partial charge in [0.05, 0.1) is 0 Å². The molecule has 2 atom stereocenters. The zero-order valence-corrected chi connectivity index (χ0v) is 9.94. The Morgan fingerprint density at radius 3 is 2.53 bits per heavy atom. The van der Waals surface area contributed by atoms with E-state index in [0.29, 0.717) is 5.92 Å². The third kappa shape index (κ3) is 2.09. The molecule has 4 heteroatoms. The fraction of sp³-hybridized carbons (Fsp3) is 0.909. The second-order valence-corrected chi connectivity index (χ2v) is 5.15. The molecule has 2 unspecified atom stereocenters. The van der Waals surface area contributed by atoms with Crippen molar-refractivity contribution in [3.8, 4) is 0 Å². The summed E-state index contributed by atoms with van der Waals surface area (Å²) in [6.45, 7) is 4.26. The van der Waals surface area contributed by atoms with Crippen LogP contribution in [0.4, 0.5) is 4.79 Å². The Labute approximate surface area is 91.8 Å². The maximum absolute atomic E-state index is 11.8. The summed E-state index contributed by atoms with van der Waals surface area (Å²) in [6.07, 6.45) is 1.25. The number of piperidine rings is 1. The molecule has 0 aromatic carbocycles. The van der Waals surface area contributed by atoms with Crippen LogP contribution < -0.4 is 0 Å². The summed E-state index contributed by atoms with van der Waals surface area (Å²) < 4.78 is 0. The quantitative estimate of drug-likeness (QED) is 0.585. The van der Waals surface area contributed by atoms with Gasteiger partial charge in [0, 0.05) is 33.7 Å². The molecule has 0 aromatic heterocycles. The molecule has 0 saturated carbocycles. The number of rotatable bonds is 0. The first kappa shape index (κ1) is 10.7. The van der Waals surface area contributed by atoms with Crippen molar-refractivity contribution in [3.63, 3.8) is 0 Å². The molecule has 15 heavy (non-hydrogen) atoms. The minimum Gasteiger partial charge on any atom is -0.331 e. The number of hydrogen-bond donors (Lipinski definition) is 0. The summed E-state index contributed by atoms with van der Waals surface area (Å²) in [6, 6.07) is 0.173. The number of urea groups is 1. The Morgan fingerprint density at radius 2 is 1.87 bits per heavy atom. The fourth-order valence-corrected chi connectivity index (χ4v) is 2.79. The van der Waals surface area contributed by atoms with E-state index in [-0.39, 0.29) is 6.03 Å². The third-order valence-corrected chi connectivity index (χ3v) is 3.66. The highest BCUT2D eigenvalue weighted by Crippen LogP contribution is 2.30. The van der Waals surface area contributed by atoms with Crippen LogP contribution in [0.1, 0.15) is 6.42 Å². The van der Waals surface area contributed by atoms with Gasteiger partial charge in [0.1, 0.15) is 0 Å². The lowest BCUT2D eigenvalue weighted by atomic mass is 9.89. The smallest absolute Gasteiger partial charge is 0.319 e. The van der Waals surface area contributed by atoms with Crippen molar-refractivity contribution in [2.45, 2.75) is 6.42 Å². The second kappa shape index (κ2) is 4.00. The molecular formula is C11H21N3O.